The van der Waals surface area contributed by atoms with Gasteiger partial charge in [-0.2, -0.15) is 5.26 Å². The van der Waals surface area contributed by atoms with Gasteiger partial charge in [0, 0.05) is 6.54 Å². The van der Waals surface area contributed by atoms with E-state index >= 15 is 0 Å². The molecule has 2 N–H and O–H groups in total. The Hall–Kier alpha value is -2.77. The van der Waals surface area contributed by atoms with Crippen LogP contribution in [-0.2, 0) is 11.2 Å². The number of rotatable bonds is 5. The van der Waals surface area contributed by atoms with Crippen LogP contribution in [0.4, 0.5) is 0 Å². The topological polar surface area (TPSA) is 73.1 Å². The minimum absolute atomic E-state index is 0.0141. The molecule has 0 spiro atoms. The van der Waals surface area contributed by atoms with Crippen molar-refractivity contribution in [1.82, 2.24) is 5.32 Å². The van der Waals surface area contributed by atoms with Crippen LogP contribution in [0.15, 0.2) is 54.1 Å². The molecule has 0 atom stereocenters. The number of carbonyl (C=O) groups is 1. The van der Waals surface area contributed by atoms with Crippen molar-refractivity contribution < 1.29 is 9.90 Å². The molecule has 5 heteroatoms. The summed E-state index contributed by atoms with van der Waals surface area (Å²) in [5, 5.41) is 21.4. The molecule has 0 heterocycles. The highest BCUT2D eigenvalue weighted by molar-refractivity contribution is 6.32. The maximum atomic E-state index is 12.0. The predicted octanol–water partition coefficient (Wildman–Crippen LogP) is 3.31. The van der Waals surface area contributed by atoms with Crippen molar-refractivity contribution in [3.63, 3.8) is 0 Å². The third-order valence-corrected chi connectivity index (χ3v) is 3.49. The smallest absolute Gasteiger partial charge is 0.261 e. The van der Waals surface area contributed by atoms with Crippen LogP contribution in [0.2, 0.25) is 5.02 Å². The molecule has 0 aliphatic rings. The summed E-state index contributed by atoms with van der Waals surface area (Å²) in [5.41, 5.74) is 1.67. The van der Waals surface area contributed by atoms with Crippen molar-refractivity contribution in [3.8, 4) is 11.8 Å². The second kappa shape index (κ2) is 8.02. The van der Waals surface area contributed by atoms with Gasteiger partial charge in [-0.3, -0.25) is 4.79 Å². The largest absolute Gasteiger partial charge is 0.506 e. The third kappa shape index (κ3) is 4.87. The molecule has 2 aromatic rings. The van der Waals surface area contributed by atoms with Crippen LogP contribution in [0.3, 0.4) is 0 Å². The van der Waals surface area contributed by atoms with E-state index in [-0.39, 0.29) is 16.3 Å². The Morgan fingerprint density at radius 3 is 2.65 bits per heavy atom. The van der Waals surface area contributed by atoms with E-state index < -0.39 is 5.91 Å². The summed E-state index contributed by atoms with van der Waals surface area (Å²) in [7, 11) is 0. The first-order valence-electron chi connectivity index (χ1n) is 7.02. The quantitative estimate of drug-likeness (QED) is 0.654. The summed E-state index contributed by atoms with van der Waals surface area (Å²) in [6.07, 6.45) is 2.12. The van der Waals surface area contributed by atoms with E-state index in [2.05, 4.69) is 5.32 Å². The first-order valence-corrected chi connectivity index (χ1v) is 7.40. The number of carbonyl (C=O) groups excluding carboxylic acids is 1. The van der Waals surface area contributed by atoms with Crippen molar-refractivity contribution in [1.29, 1.82) is 5.26 Å². The fraction of sp³-hybridized carbons (Fsp3) is 0.111. The number of phenols is 1. The van der Waals surface area contributed by atoms with Gasteiger partial charge in [-0.25, -0.2) is 0 Å². The van der Waals surface area contributed by atoms with E-state index in [0.717, 1.165) is 5.56 Å². The fourth-order valence-electron chi connectivity index (χ4n) is 1.99. The van der Waals surface area contributed by atoms with Crippen molar-refractivity contribution in [3.05, 3.63) is 70.3 Å². The number of phenolic OH excluding ortho intramolecular Hbond substituents is 1. The Morgan fingerprint density at radius 2 is 2.00 bits per heavy atom. The van der Waals surface area contributed by atoms with Gasteiger partial charge in [0.15, 0.2) is 0 Å². The monoisotopic (exact) mass is 326 g/mol. The number of benzene rings is 2. The van der Waals surface area contributed by atoms with Gasteiger partial charge in [0.05, 0.1) is 5.02 Å². The van der Waals surface area contributed by atoms with Crippen LogP contribution < -0.4 is 5.32 Å². The second-order valence-corrected chi connectivity index (χ2v) is 5.28. The van der Waals surface area contributed by atoms with Crippen LogP contribution in [0, 0.1) is 11.3 Å². The van der Waals surface area contributed by atoms with Gasteiger partial charge in [0.2, 0.25) is 0 Å². The number of hydrogen-bond acceptors (Lipinski definition) is 3. The summed E-state index contributed by atoms with van der Waals surface area (Å²) >= 11 is 5.81. The van der Waals surface area contributed by atoms with E-state index in [0.29, 0.717) is 18.5 Å². The Morgan fingerprint density at radius 1 is 1.26 bits per heavy atom. The minimum Gasteiger partial charge on any atom is -0.506 e. The number of nitrogens with one attached hydrogen (secondary N) is 1. The molecule has 0 aromatic heterocycles. The molecular weight excluding hydrogens is 312 g/mol. The highest BCUT2D eigenvalue weighted by atomic mass is 35.5. The number of nitrogens with zero attached hydrogens (tertiary/aromatic N) is 1. The standard InChI is InChI=1S/C18H15ClN2O2/c19-16-11-14(6-7-17(16)22)10-15(12-20)18(23)21-9-8-13-4-2-1-3-5-13/h1-7,10-11,22H,8-9H2,(H,21,23)/b15-10-. The Labute approximate surface area is 139 Å². The SMILES string of the molecule is N#C/C(=C/c1ccc(O)c(Cl)c1)C(=O)NCCc1ccccc1. The zero-order valence-electron chi connectivity index (χ0n) is 12.3. The van der Waals surface area contributed by atoms with Crippen LogP contribution in [-0.4, -0.2) is 17.6 Å². The van der Waals surface area contributed by atoms with Crippen LogP contribution in [0.5, 0.6) is 5.75 Å². The van der Waals surface area contributed by atoms with Crippen LogP contribution in [0.1, 0.15) is 11.1 Å². The molecule has 0 unspecified atom stereocenters. The molecule has 0 saturated carbocycles. The summed E-state index contributed by atoms with van der Waals surface area (Å²) in [6.45, 7) is 0.443. The minimum atomic E-state index is -0.437. The number of hydrogen-bond donors (Lipinski definition) is 2. The van der Waals surface area contributed by atoms with Crippen molar-refractivity contribution in [2.24, 2.45) is 0 Å². The molecule has 4 nitrogen and oxygen atoms in total. The molecule has 23 heavy (non-hydrogen) atoms. The van der Waals surface area contributed by atoms with Crippen molar-refractivity contribution in [2.45, 2.75) is 6.42 Å². The third-order valence-electron chi connectivity index (χ3n) is 3.19. The van der Waals surface area contributed by atoms with E-state index in [4.69, 9.17) is 16.9 Å². The highest BCUT2D eigenvalue weighted by Gasteiger charge is 2.09. The molecule has 0 aliphatic heterocycles. The van der Waals surface area contributed by atoms with E-state index in [1.54, 1.807) is 6.07 Å². The van der Waals surface area contributed by atoms with E-state index in [9.17, 15) is 9.90 Å². The van der Waals surface area contributed by atoms with Gasteiger partial charge in [-0.05, 0) is 35.8 Å². The lowest BCUT2D eigenvalue weighted by Gasteiger charge is -2.05. The van der Waals surface area contributed by atoms with Gasteiger partial charge in [-0.15, -0.1) is 0 Å². The number of aromatic hydroxyl groups is 1. The second-order valence-electron chi connectivity index (χ2n) is 4.87. The molecule has 0 bridgehead atoms. The van der Waals surface area contributed by atoms with E-state index in [1.807, 2.05) is 36.4 Å². The molecular formula is C18H15ClN2O2. The maximum absolute atomic E-state index is 12.0. The summed E-state index contributed by atoms with van der Waals surface area (Å²) < 4.78 is 0. The lowest BCUT2D eigenvalue weighted by Crippen LogP contribution is -2.26. The van der Waals surface area contributed by atoms with Gasteiger partial charge >= 0.3 is 0 Å². The Kier molecular flexibility index (Phi) is 5.79. The zero-order valence-corrected chi connectivity index (χ0v) is 13.0. The lowest BCUT2D eigenvalue weighted by molar-refractivity contribution is -0.117. The maximum Gasteiger partial charge on any atom is 0.261 e. The van der Waals surface area contributed by atoms with Gasteiger partial charge < -0.3 is 10.4 Å². The van der Waals surface area contributed by atoms with Crippen LogP contribution in [0.25, 0.3) is 6.08 Å². The zero-order chi connectivity index (χ0) is 16.7. The average molecular weight is 327 g/mol. The molecule has 0 aliphatic carbocycles. The Bertz CT molecular complexity index is 764. The Balaban J connectivity index is 1.99. The van der Waals surface area contributed by atoms with Crippen LogP contribution >= 0.6 is 11.6 Å². The van der Waals surface area contributed by atoms with Crippen molar-refractivity contribution >= 4 is 23.6 Å². The predicted molar refractivity (Wildman–Crippen MR) is 89.9 cm³/mol. The first kappa shape index (κ1) is 16.6. The van der Waals surface area contributed by atoms with Gasteiger partial charge in [0.1, 0.15) is 17.4 Å². The van der Waals surface area contributed by atoms with Crippen molar-refractivity contribution in [2.75, 3.05) is 6.54 Å². The van der Waals surface area contributed by atoms with Gasteiger partial charge in [-0.1, -0.05) is 48.0 Å². The molecule has 1 amide bonds. The molecule has 0 fully saturated rings. The highest BCUT2D eigenvalue weighted by Crippen LogP contribution is 2.24. The number of nitriles is 1. The summed E-state index contributed by atoms with van der Waals surface area (Å²) in [5.74, 6) is -0.484. The average Bonchev–Trinajstić information content (AvgIpc) is 2.56. The fourth-order valence-corrected chi connectivity index (χ4v) is 2.18. The van der Waals surface area contributed by atoms with Gasteiger partial charge in [0.25, 0.3) is 5.91 Å². The lowest BCUT2D eigenvalue weighted by atomic mass is 10.1. The summed E-state index contributed by atoms with van der Waals surface area (Å²) in [6, 6.07) is 16.1. The molecule has 0 saturated heterocycles. The number of amides is 1. The number of halogens is 1. The molecule has 2 aromatic carbocycles. The summed E-state index contributed by atoms with van der Waals surface area (Å²) in [4.78, 5) is 12.0. The molecule has 116 valence electrons. The molecule has 0 radical (unpaired) electrons. The normalized spacial score (nSPS) is 10.9. The first-order chi connectivity index (χ1) is 11.1. The van der Waals surface area contributed by atoms with E-state index in [1.165, 1.54) is 18.2 Å². The molecule has 2 rings (SSSR count).